The van der Waals surface area contributed by atoms with Crippen LogP contribution < -0.4 is 21.5 Å². The van der Waals surface area contributed by atoms with E-state index in [1.807, 2.05) is 24.3 Å². The number of hydrazine groups is 1. The molecule has 4 N–H and O–H groups in total. The first kappa shape index (κ1) is 20.4. The van der Waals surface area contributed by atoms with E-state index in [9.17, 15) is 9.59 Å². The number of piperidine rings is 1. The normalized spacial score (nSPS) is 32.7. The van der Waals surface area contributed by atoms with E-state index >= 15 is 0 Å². The van der Waals surface area contributed by atoms with Crippen LogP contribution in [0.15, 0.2) is 24.3 Å². The first-order valence-electron chi connectivity index (χ1n) is 9.08. The van der Waals surface area contributed by atoms with Gasteiger partial charge in [0.2, 0.25) is 11.8 Å². The summed E-state index contributed by atoms with van der Waals surface area (Å²) in [6.45, 7) is 1.78. The van der Waals surface area contributed by atoms with Crippen molar-refractivity contribution in [3.63, 3.8) is 0 Å². The second kappa shape index (κ2) is 8.32. The molecule has 3 aliphatic heterocycles. The molecule has 3 saturated heterocycles. The maximum atomic E-state index is 12.9. The molecule has 0 saturated carbocycles. The molecule has 148 valence electrons. The van der Waals surface area contributed by atoms with Crippen LogP contribution in [-0.4, -0.2) is 55.0 Å². The summed E-state index contributed by atoms with van der Waals surface area (Å²) >= 11 is 5.98. The number of rotatable bonds is 3. The molecule has 0 radical (unpaired) electrons. The van der Waals surface area contributed by atoms with Crippen LogP contribution in [0.2, 0.25) is 5.02 Å². The number of carbonyl (C=O) groups excluding carboxylic acids is 2. The fraction of sp³-hybridized carbons (Fsp3) is 0.556. The largest absolute Gasteiger partial charge is 0.349 e. The molecule has 4 rings (SSSR count). The quantitative estimate of drug-likeness (QED) is 0.583. The number of hydrogen-bond donors (Lipinski definition) is 4. The monoisotopic (exact) mass is 413 g/mol. The molecule has 0 bridgehead atoms. The van der Waals surface area contributed by atoms with E-state index in [1.165, 1.54) is 0 Å². The third-order valence-corrected chi connectivity index (χ3v) is 6.04. The van der Waals surface area contributed by atoms with E-state index in [0.29, 0.717) is 17.5 Å². The van der Waals surface area contributed by atoms with Crippen LogP contribution in [0.3, 0.4) is 0 Å². The lowest BCUT2D eigenvalue weighted by Crippen LogP contribution is -2.52. The summed E-state index contributed by atoms with van der Waals surface area (Å²) in [7, 11) is 1.78. The average Bonchev–Trinajstić information content (AvgIpc) is 3.18. The highest BCUT2D eigenvalue weighted by atomic mass is 35.5. The predicted octanol–water partition coefficient (Wildman–Crippen LogP) is 0.604. The first-order valence-corrected chi connectivity index (χ1v) is 9.45. The molecule has 27 heavy (non-hydrogen) atoms. The van der Waals surface area contributed by atoms with Crippen molar-refractivity contribution in [1.82, 2.24) is 26.4 Å². The fourth-order valence-electron chi connectivity index (χ4n) is 4.36. The Labute approximate surface area is 170 Å². The summed E-state index contributed by atoms with van der Waals surface area (Å²) < 4.78 is 0. The maximum absolute atomic E-state index is 12.9. The minimum absolute atomic E-state index is 0. The van der Waals surface area contributed by atoms with Crippen LogP contribution in [0, 0.1) is 5.92 Å². The molecule has 0 aliphatic carbocycles. The number of amides is 2. The van der Waals surface area contributed by atoms with Crippen molar-refractivity contribution in [3.05, 3.63) is 34.9 Å². The van der Waals surface area contributed by atoms with Crippen LogP contribution in [0.1, 0.15) is 24.4 Å². The van der Waals surface area contributed by atoms with Crippen LogP contribution in [0.5, 0.6) is 0 Å². The number of benzene rings is 1. The molecule has 3 heterocycles. The Balaban J connectivity index is 0.00000210. The van der Waals surface area contributed by atoms with E-state index in [4.69, 9.17) is 11.6 Å². The Morgan fingerprint density at radius 3 is 2.74 bits per heavy atom. The lowest BCUT2D eigenvalue weighted by atomic mass is 9.88. The van der Waals surface area contributed by atoms with E-state index in [1.54, 1.807) is 11.9 Å². The number of nitrogens with one attached hydrogen (secondary N) is 4. The number of likely N-dealkylation sites (N-methyl/N-ethyl adjacent to an activating group) is 1. The van der Waals surface area contributed by atoms with Crippen molar-refractivity contribution in [2.45, 2.75) is 37.0 Å². The molecule has 1 aromatic rings. The Kier molecular flexibility index (Phi) is 6.28. The smallest absolute Gasteiger partial charge is 0.239 e. The van der Waals surface area contributed by atoms with Gasteiger partial charge >= 0.3 is 0 Å². The molecule has 7 nitrogen and oxygen atoms in total. The topological polar surface area (TPSA) is 85.5 Å². The van der Waals surface area contributed by atoms with Crippen LogP contribution in [-0.2, 0) is 9.59 Å². The lowest BCUT2D eigenvalue weighted by Gasteiger charge is -2.30. The molecule has 1 aromatic carbocycles. The van der Waals surface area contributed by atoms with Gasteiger partial charge in [0, 0.05) is 37.0 Å². The van der Waals surface area contributed by atoms with Crippen molar-refractivity contribution < 1.29 is 9.59 Å². The van der Waals surface area contributed by atoms with Crippen molar-refractivity contribution in [2.75, 3.05) is 20.1 Å². The number of hydrogen-bond acceptors (Lipinski definition) is 5. The van der Waals surface area contributed by atoms with Gasteiger partial charge in [-0.25, -0.2) is 5.43 Å². The van der Waals surface area contributed by atoms with E-state index in [-0.39, 0.29) is 48.3 Å². The second-order valence-corrected chi connectivity index (χ2v) is 7.79. The van der Waals surface area contributed by atoms with Gasteiger partial charge in [0.05, 0.1) is 12.1 Å². The summed E-state index contributed by atoms with van der Waals surface area (Å²) in [4.78, 5) is 26.9. The summed E-state index contributed by atoms with van der Waals surface area (Å²) in [5.74, 6) is 0.193. The number of halogens is 2. The average molecular weight is 414 g/mol. The molecular weight excluding hydrogens is 389 g/mol. The molecule has 2 amide bonds. The van der Waals surface area contributed by atoms with Gasteiger partial charge in [-0.15, -0.1) is 12.4 Å². The zero-order chi connectivity index (χ0) is 18.3. The zero-order valence-electron chi connectivity index (χ0n) is 15.1. The molecule has 3 fully saturated rings. The molecule has 5 atom stereocenters. The Morgan fingerprint density at radius 1 is 1.26 bits per heavy atom. The fourth-order valence-corrected chi connectivity index (χ4v) is 4.49. The minimum Gasteiger partial charge on any atom is -0.349 e. The Hall–Kier alpha value is -1.38. The van der Waals surface area contributed by atoms with Crippen molar-refractivity contribution in [2.24, 2.45) is 5.92 Å². The molecule has 3 aliphatic rings. The summed E-state index contributed by atoms with van der Waals surface area (Å²) in [5, 5.41) is 7.12. The lowest BCUT2D eigenvalue weighted by molar-refractivity contribution is -0.127. The zero-order valence-corrected chi connectivity index (χ0v) is 16.6. The molecule has 9 heteroatoms. The van der Waals surface area contributed by atoms with Crippen LogP contribution in [0.25, 0.3) is 0 Å². The van der Waals surface area contributed by atoms with Crippen molar-refractivity contribution in [3.8, 4) is 0 Å². The number of carbonyl (C=O) groups is 2. The number of nitrogens with zero attached hydrogens (tertiary/aromatic N) is 1. The van der Waals surface area contributed by atoms with E-state index in [2.05, 4.69) is 21.5 Å². The summed E-state index contributed by atoms with van der Waals surface area (Å²) in [5.41, 5.74) is 7.35. The number of likely N-dealkylation sites (tertiary alicyclic amines) is 1. The third-order valence-electron chi connectivity index (χ3n) is 5.79. The highest BCUT2D eigenvalue weighted by molar-refractivity contribution is 6.30. The van der Waals surface area contributed by atoms with Crippen molar-refractivity contribution >= 4 is 35.8 Å². The van der Waals surface area contributed by atoms with E-state index < -0.39 is 0 Å². The highest BCUT2D eigenvalue weighted by Crippen LogP contribution is 2.33. The SMILES string of the molecule is CN1C(=O)CC(NC(=O)C2NNC3CCNCC32)C1c1ccc(Cl)cc1.Cl. The van der Waals surface area contributed by atoms with E-state index in [0.717, 1.165) is 25.1 Å². The summed E-state index contributed by atoms with van der Waals surface area (Å²) in [6, 6.07) is 7.04. The highest BCUT2D eigenvalue weighted by Gasteiger charge is 2.44. The standard InChI is InChI=1S/C18H24ClN5O2.ClH/c1-24-15(25)8-14(17(24)10-2-4-11(19)5-3-10)21-18(26)16-12-9-20-7-6-13(12)22-23-16;/h2-5,12-14,16-17,20,22-23H,6-9H2,1H3,(H,21,26);1H. The van der Waals surface area contributed by atoms with Crippen molar-refractivity contribution in [1.29, 1.82) is 0 Å². The van der Waals surface area contributed by atoms with Gasteiger partial charge in [0.1, 0.15) is 6.04 Å². The molecular formula is C18H25Cl2N5O2. The Bertz CT molecular complexity index is 701. The van der Waals surface area contributed by atoms with Crippen LogP contribution >= 0.6 is 24.0 Å². The second-order valence-electron chi connectivity index (χ2n) is 7.35. The minimum atomic E-state index is -0.292. The molecule has 0 spiro atoms. The van der Waals surface area contributed by atoms with Gasteiger partial charge in [-0.2, -0.15) is 0 Å². The Morgan fingerprint density at radius 2 is 2.00 bits per heavy atom. The predicted molar refractivity (Wildman–Crippen MR) is 106 cm³/mol. The van der Waals surface area contributed by atoms with Gasteiger partial charge in [-0.1, -0.05) is 23.7 Å². The van der Waals surface area contributed by atoms with Gasteiger partial charge < -0.3 is 15.5 Å². The van der Waals surface area contributed by atoms with Gasteiger partial charge in [-0.05, 0) is 30.7 Å². The third kappa shape index (κ3) is 3.93. The van der Waals surface area contributed by atoms with Crippen LogP contribution in [0.4, 0.5) is 0 Å². The summed E-state index contributed by atoms with van der Waals surface area (Å²) in [6.07, 6.45) is 1.31. The van der Waals surface area contributed by atoms with Gasteiger partial charge in [0.15, 0.2) is 0 Å². The maximum Gasteiger partial charge on any atom is 0.239 e. The molecule has 0 aromatic heterocycles. The molecule has 5 unspecified atom stereocenters. The first-order chi connectivity index (χ1) is 12.5. The van der Waals surface area contributed by atoms with Gasteiger partial charge in [0.25, 0.3) is 0 Å². The number of fused-ring (bicyclic) bond motifs is 1. The van der Waals surface area contributed by atoms with Gasteiger partial charge in [-0.3, -0.25) is 15.0 Å².